The molecular formula is C22H16N2O2S. The van der Waals surface area contributed by atoms with E-state index in [9.17, 15) is 10.1 Å². The third-order valence-electron chi connectivity index (χ3n) is 4.20. The molecule has 0 N–H and O–H groups in total. The Kier molecular flexibility index (Phi) is 4.68. The van der Waals surface area contributed by atoms with E-state index in [0.717, 1.165) is 26.8 Å². The Balaban J connectivity index is 1.73. The summed E-state index contributed by atoms with van der Waals surface area (Å²) < 4.78 is 0. The molecule has 4 rings (SSSR count). The molecule has 4 nitrogen and oxygen atoms in total. The number of anilines is 3. The van der Waals surface area contributed by atoms with Crippen molar-refractivity contribution < 1.29 is 4.92 Å². The van der Waals surface area contributed by atoms with E-state index in [-0.39, 0.29) is 10.6 Å². The van der Waals surface area contributed by atoms with Crippen molar-refractivity contribution in [1.82, 2.24) is 0 Å². The zero-order valence-electron chi connectivity index (χ0n) is 14.4. The third-order valence-corrected chi connectivity index (χ3v) is 5.32. The maximum atomic E-state index is 10.9. The van der Waals surface area contributed by atoms with Gasteiger partial charge in [0.25, 0.3) is 5.69 Å². The number of hydrogen-bond acceptors (Lipinski definition) is 4. The highest BCUT2D eigenvalue weighted by Gasteiger charge is 2.15. The maximum Gasteiger partial charge on any atom is 0.269 e. The first kappa shape index (κ1) is 17.0. The van der Waals surface area contributed by atoms with Gasteiger partial charge in [0.2, 0.25) is 0 Å². The molecule has 27 heavy (non-hydrogen) atoms. The average molecular weight is 372 g/mol. The second kappa shape index (κ2) is 7.43. The SMILES string of the molecule is O=[N+]([O-])c1ccc(-c2ccc(N(c3ccccc3)c3ccccc3)s2)cc1. The van der Waals surface area contributed by atoms with E-state index in [1.54, 1.807) is 35.6 Å². The highest BCUT2D eigenvalue weighted by atomic mass is 32.1. The topological polar surface area (TPSA) is 46.4 Å². The van der Waals surface area contributed by atoms with E-state index >= 15 is 0 Å². The van der Waals surface area contributed by atoms with E-state index in [1.807, 2.05) is 36.4 Å². The van der Waals surface area contributed by atoms with Gasteiger partial charge in [-0.3, -0.25) is 10.1 Å². The first-order valence-corrected chi connectivity index (χ1v) is 9.29. The molecule has 0 unspecified atom stereocenters. The fourth-order valence-electron chi connectivity index (χ4n) is 2.91. The summed E-state index contributed by atoms with van der Waals surface area (Å²) in [4.78, 5) is 13.8. The predicted octanol–water partition coefficient (Wildman–Crippen LogP) is 6.79. The predicted molar refractivity (Wildman–Crippen MR) is 111 cm³/mol. The minimum Gasteiger partial charge on any atom is -0.302 e. The highest BCUT2D eigenvalue weighted by Crippen LogP contribution is 2.41. The molecule has 0 aliphatic carbocycles. The lowest BCUT2D eigenvalue weighted by Gasteiger charge is -2.23. The van der Waals surface area contributed by atoms with Crippen molar-refractivity contribution in [2.45, 2.75) is 0 Å². The summed E-state index contributed by atoms with van der Waals surface area (Å²) in [6, 6.07) is 31.2. The highest BCUT2D eigenvalue weighted by molar-refractivity contribution is 7.19. The van der Waals surface area contributed by atoms with Crippen molar-refractivity contribution in [2.75, 3.05) is 4.90 Å². The molecule has 132 valence electrons. The summed E-state index contributed by atoms with van der Waals surface area (Å²) in [6.07, 6.45) is 0. The zero-order valence-corrected chi connectivity index (χ0v) is 15.2. The van der Waals surface area contributed by atoms with Crippen LogP contribution >= 0.6 is 11.3 Å². The number of rotatable bonds is 5. The molecular weight excluding hydrogens is 356 g/mol. The standard InChI is InChI=1S/C22H16N2O2S/c25-24(26)20-13-11-17(12-14-20)21-15-16-22(27-21)23(18-7-3-1-4-8-18)19-9-5-2-6-10-19/h1-16H. The van der Waals surface area contributed by atoms with Gasteiger partial charge in [0, 0.05) is 28.4 Å². The average Bonchev–Trinajstić information content (AvgIpc) is 3.19. The Morgan fingerprint density at radius 1 is 0.704 bits per heavy atom. The van der Waals surface area contributed by atoms with Crippen molar-refractivity contribution in [3.8, 4) is 10.4 Å². The smallest absolute Gasteiger partial charge is 0.269 e. The minimum absolute atomic E-state index is 0.103. The molecule has 0 aliphatic rings. The molecule has 0 amide bonds. The number of non-ortho nitro benzene ring substituents is 1. The molecule has 0 bridgehead atoms. The molecule has 0 aliphatic heterocycles. The number of nitrogens with zero attached hydrogens (tertiary/aromatic N) is 2. The first-order chi connectivity index (χ1) is 13.2. The maximum absolute atomic E-state index is 10.9. The molecule has 0 radical (unpaired) electrons. The quantitative estimate of drug-likeness (QED) is 0.286. The molecule has 0 saturated heterocycles. The Bertz CT molecular complexity index is 1010. The summed E-state index contributed by atoms with van der Waals surface area (Å²) >= 11 is 1.65. The second-order valence-corrected chi connectivity index (χ2v) is 7.01. The van der Waals surface area contributed by atoms with Crippen molar-refractivity contribution in [3.63, 3.8) is 0 Å². The van der Waals surface area contributed by atoms with Crippen molar-refractivity contribution in [3.05, 3.63) is 107 Å². The Morgan fingerprint density at radius 2 is 1.26 bits per heavy atom. The van der Waals surface area contributed by atoms with Crippen LogP contribution in [0.15, 0.2) is 97.1 Å². The van der Waals surface area contributed by atoms with Crippen LogP contribution in [0.4, 0.5) is 22.1 Å². The van der Waals surface area contributed by atoms with E-state index in [2.05, 4.69) is 41.3 Å². The molecule has 1 heterocycles. The van der Waals surface area contributed by atoms with Gasteiger partial charge in [-0.25, -0.2) is 0 Å². The molecule has 0 saturated carbocycles. The monoisotopic (exact) mass is 372 g/mol. The van der Waals surface area contributed by atoms with E-state index in [0.29, 0.717) is 0 Å². The van der Waals surface area contributed by atoms with Crippen molar-refractivity contribution >= 4 is 33.4 Å². The van der Waals surface area contributed by atoms with Crippen LogP contribution in [0.25, 0.3) is 10.4 Å². The summed E-state index contributed by atoms with van der Waals surface area (Å²) in [5, 5.41) is 11.9. The summed E-state index contributed by atoms with van der Waals surface area (Å²) in [7, 11) is 0. The number of hydrogen-bond donors (Lipinski definition) is 0. The second-order valence-electron chi connectivity index (χ2n) is 5.95. The van der Waals surface area contributed by atoms with Gasteiger partial charge in [-0.1, -0.05) is 36.4 Å². The molecule has 1 aromatic heterocycles. The van der Waals surface area contributed by atoms with Gasteiger partial charge in [0.05, 0.1) is 4.92 Å². The Labute approximate surface area is 161 Å². The van der Waals surface area contributed by atoms with Crippen LogP contribution in [0.5, 0.6) is 0 Å². The lowest BCUT2D eigenvalue weighted by Crippen LogP contribution is -2.07. The summed E-state index contributed by atoms with van der Waals surface area (Å²) in [6.45, 7) is 0. The number of nitro benzene ring substituents is 1. The molecule has 0 atom stereocenters. The van der Waals surface area contributed by atoms with Crippen LogP contribution in [0.3, 0.4) is 0 Å². The molecule has 4 aromatic rings. The van der Waals surface area contributed by atoms with Crippen molar-refractivity contribution in [1.29, 1.82) is 0 Å². The van der Waals surface area contributed by atoms with Crippen LogP contribution < -0.4 is 4.90 Å². The molecule has 3 aromatic carbocycles. The van der Waals surface area contributed by atoms with Crippen LogP contribution in [0.2, 0.25) is 0 Å². The first-order valence-electron chi connectivity index (χ1n) is 8.47. The van der Waals surface area contributed by atoms with Gasteiger partial charge < -0.3 is 4.90 Å². The van der Waals surface area contributed by atoms with Crippen LogP contribution in [-0.4, -0.2) is 4.92 Å². The fraction of sp³-hybridized carbons (Fsp3) is 0. The van der Waals surface area contributed by atoms with Crippen LogP contribution in [-0.2, 0) is 0 Å². The van der Waals surface area contributed by atoms with Gasteiger partial charge in [0.15, 0.2) is 0 Å². The normalized spacial score (nSPS) is 10.5. The number of nitro groups is 1. The lowest BCUT2D eigenvalue weighted by atomic mass is 10.2. The molecule has 0 fully saturated rings. The van der Waals surface area contributed by atoms with Gasteiger partial charge in [-0.15, -0.1) is 11.3 Å². The summed E-state index contributed by atoms with van der Waals surface area (Å²) in [5.41, 5.74) is 3.24. The van der Waals surface area contributed by atoms with Gasteiger partial charge in [0.1, 0.15) is 5.00 Å². The van der Waals surface area contributed by atoms with Crippen LogP contribution in [0.1, 0.15) is 0 Å². The lowest BCUT2D eigenvalue weighted by molar-refractivity contribution is -0.384. The number of para-hydroxylation sites is 2. The van der Waals surface area contributed by atoms with Crippen molar-refractivity contribution in [2.24, 2.45) is 0 Å². The molecule has 0 spiro atoms. The summed E-state index contributed by atoms with van der Waals surface area (Å²) in [5.74, 6) is 0. The fourth-order valence-corrected chi connectivity index (χ4v) is 3.96. The van der Waals surface area contributed by atoms with Gasteiger partial charge >= 0.3 is 0 Å². The Morgan fingerprint density at radius 3 is 1.78 bits per heavy atom. The van der Waals surface area contributed by atoms with Crippen LogP contribution in [0, 0.1) is 10.1 Å². The van der Waals surface area contributed by atoms with Gasteiger partial charge in [-0.05, 0) is 54.1 Å². The third kappa shape index (κ3) is 3.59. The van der Waals surface area contributed by atoms with E-state index in [1.165, 1.54) is 0 Å². The number of thiophene rings is 1. The largest absolute Gasteiger partial charge is 0.302 e. The number of benzene rings is 3. The Hall–Kier alpha value is -3.44. The van der Waals surface area contributed by atoms with E-state index < -0.39 is 0 Å². The van der Waals surface area contributed by atoms with E-state index in [4.69, 9.17) is 0 Å². The zero-order chi connectivity index (χ0) is 18.6. The molecule has 5 heteroatoms. The van der Waals surface area contributed by atoms with Gasteiger partial charge in [-0.2, -0.15) is 0 Å². The minimum atomic E-state index is -0.379.